The highest BCUT2D eigenvalue weighted by atomic mass is 32.2. The second-order valence-electron chi connectivity index (χ2n) is 2.25. The third-order valence-corrected chi connectivity index (χ3v) is 2.57. The Hall–Kier alpha value is -0.970. The molecular formula is C7H9NO3S. The van der Waals surface area contributed by atoms with Crippen molar-refractivity contribution in [1.82, 2.24) is 4.90 Å². The van der Waals surface area contributed by atoms with E-state index in [1.807, 2.05) is 0 Å². The van der Waals surface area contributed by atoms with Crippen LogP contribution in [0.25, 0.3) is 0 Å². The average Bonchev–Trinajstić information content (AvgIpc) is 2.36. The lowest BCUT2D eigenvalue weighted by Gasteiger charge is -2.07. The molecule has 1 fully saturated rings. The van der Waals surface area contributed by atoms with Gasteiger partial charge in [0.2, 0.25) is 5.91 Å². The maximum atomic E-state index is 11.0. The fourth-order valence-electron chi connectivity index (χ4n) is 0.750. The van der Waals surface area contributed by atoms with Gasteiger partial charge in [0.05, 0.1) is 24.0 Å². The standard InChI is InChI=1S/C7H9NO3S/c1-8-5(9)4-12-6(8)3-7(10)11-2/h3H,4H2,1-2H3/b6-3+. The Morgan fingerprint density at radius 2 is 2.42 bits per heavy atom. The Labute approximate surface area is 74.6 Å². The van der Waals surface area contributed by atoms with E-state index in [1.54, 1.807) is 7.05 Å². The molecule has 0 aromatic rings. The summed E-state index contributed by atoms with van der Waals surface area (Å²) in [5.74, 6) is -0.0199. The summed E-state index contributed by atoms with van der Waals surface area (Å²) in [5.41, 5.74) is 0. The van der Waals surface area contributed by atoms with E-state index in [0.29, 0.717) is 10.8 Å². The summed E-state index contributed by atoms with van der Waals surface area (Å²) in [6.07, 6.45) is 1.32. The Morgan fingerprint density at radius 1 is 1.75 bits per heavy atom. The molecule has 5 heteroatoms. The number of amides is 1. The minimum Gasteiger partial charge on any atom is -0.466 e. The fourth-order valence-corrected chi connectivity index (χ4v) is 1.69. The minimum atomic E-state index is -0.431. The molecular weight excluding hydrogens is 178 g/mol. The predicted octanol–water partition coefficient (Wildman–Crippen LogP) is 0.206. The van der Waals surface area contributed by atoms with Crippen molar-refractivity contribution in [3.05, 3.63) is 11.1 Å². The Bertz CT molecular complexity index is 249. The molecule has 1 aliphatic rings. The molecule has 0 aromatic heterocycles. The van der Waals surface area contributed by atoms with Gasteiger partial charge in [-0.05, 0) is 0 Å². The van der Waals surface area contributed by atoms with Gasteiger partial charge in [0.1, 0.15) is 0 Å². The smallest absolute Gasteiger partial charge is 0.333 e. The first kappa shape index (κ1) is 9.12. The van der Waals surface area contributed by atoms with Crippen molar-refractivity contribution in [2.24, 2.45) is 0 Å². The molecule has 1 saturated heterocycles. The number of esters is 1. The number of methoxy groups -OCH3 is 1. The molecule has 12 heavy (non-hydrogen) atoms. The zero-order valence-corrected chi connectivity index (χ0v) is 7.68. The van der Waals surface area contributed by atoms with Crippen LogP contribution in [0, 0.1) is 0 Å². The number of carbonyl (C=O) groups excluding carboxylic acids is 2. The molecule has 0 atom stereocenters. The summed E-state index contributed by atoms with van der Waals surface area (Å²) >= 11 is 1.34. The molecule has 0 saturated carbocycles. The van der Waals surface area contributed by atoms with Crippen molar-refractivity contribution < 1.29 is 14.3 Å². The van der Waals surface area contributed by atoms with Crippen LogP contribution >= 0.6 is 11.8 Å². The van der Waals surface area contributed by atoms with Crippen LogP contribution in [0.15, 0.2) is 11.1 Å². The molecule has 0 bridgehead atoms. The lowest BCUT2D eigenvalue weighted by molar-refractivity contribution is -0.134. The largest absolute Gasteiger partial charge is 0.466 e. The quantitative estimate of drug-likeness (QED) is 0.435. The first-order valence-electron chi connectivity index (χ1n) is 3.34. The van der Waals surface area contributed by atoms with Gasteiger partial charge in [-0.15, -0.1) is 0 Å². The number of thioether (sulfide) groups is 1. The topological polar surface area (TPSA) is 46.6 Å². The van der Waals surface area contributed by atoms with Gasteiger partial charge in [-0.1, -0.05) is 11.8 Å². The molecule has 0 aliphatic carbocycles. The molecule has 1 amide bonds. The van der Waals surface area contributed by atoms with E-state index in [1.165, 1.54) is 29.8 Å². The van der Waals surface area contributed by atoms with Gasteiger partial charge in [0.15, 0.2) is 0 Å². The van der Waals surface area contributed by atoms with Gasteiger partial charge in [-0.3, -0.25) is 4.79 Å². The lowest BCUT2D eigenvalue weighted by Crippen LogP contribution is -2.19. The average molecular weight is 187 g/mol. The van der Waals surface area contributed by atoms with Crippen LogP contribution in [0.2, 0.25) is 0 Å². The molecule has 0 spiro atoms. The molecule has 0 N–H and O–H groups in total. The van der Waals surface area contributed by atoms with Crippen LogP contribution < -0.4 is 0 Å². The number of rotatable bonds is 1. The molecule has 0 aromatic carbocycles. The van der Waals surface area contributed by atoms with Crippen molar-refractivity contribution in [3.8, 4) is 0 Å². The van der Waals surface area contributed by atoms with Crippen molar-refractivity contribution in [3.63, 3.8) is 0 Å². The Kier molecular flexibility index (Phi) is 2.75. The number of hydrogen-bond acceptors (Lipinski definition) is 4. The maximum absolute atomic E-state index is 11.0. The summed E-state index contributed by atoms with van der Waals surface area (Å²) in [6.45, 7) is 0. The highest BCUT2D eigenvalue weighted by molar-refractivity contribution is 8.04. The second kappa shape index (κ2) is 3.62. The number of hydrogen-bond donors (Lipinski definition) is 0. The summed E-state index contributed by atoms with van der Waals surface area (Å²) in [7, 11) is 2.94. The molecule has 0 radical (unpaired) electrons. The first-order valence-corrected chi connectivity index (χ1v) is 4.32. The second-order valence-corrected chi connectivity index (χ2v) is 3.24. The highest BCUT2D eigenvalue weighted by Gasteiger charge is 2.23. The molecule has 66 valence electrons. The highest BCUT2D eigenvalue weighted by Crippen LogP contribution is 2.26. The SMILES string of the molecule is COC(=O)/C=C1/SCC(=O)N1C. The minimum absolute atomic E-state index is 0.00940. The van der Waals surface area contributed by atoms with E-state index in [2.05, 4.69) is 4.74 Å². The van der Waals surface area contributed by atoms with Gasteiger partial charge in [-0.2, -0.15) is 0 Å². The first-order chi connectivity index (χ1) is 5.65. The van der Waals surface area contributed by atoms with E-state index >= 15 is 0 Å². The van der Waals surface area contributed by atoms with Gasteiger partial charge in [-0.25, -0.2) is 4.79 Å². The third kappa shape index (κ3) is 1.79. The fraction of sp³-hybridized carbons (Fsp3) is 0.429. The van der Waals surface area contributed by atoms with Crippen LogP contribution in [-0.2, 0) is 14.3 Å². The van der Waals surface area contributed by atoms with Crippen LogP contribution in [0.1, 0.15) is 0 Å². The van der Waals surface area contributed by atoms with Crippen molar-refractivity contribution >= 4 is 23.6 Å². The predicted molar refractivity (Wildman–Crippen MR) is 45.3 cm³/mol. The van der Waals surface area contributed by atoms with Crippen LogP contribution in [-0.4, -0.2) is 36.7 Å². The Morgan fingerprint density at radius 3 is 2.83 bits per heavy atom. The Balaban J connectivity index is 2.70. The van der Waals surface area contributed by atoms with Crippen molar-refractivity contribution in [2.75, 3.05) is 19.9 Å². The summed E-state index contributed by atoms with van der Waals surface area (Å²) in [4.78, 5) is 23.2. The van der Waals surface area contributed by atoms with Crippen molar-refractivity contribution in [1.29, 1.82) is 0 Å². The number of carbonyl (C=O) groups is 2. The summed E-state index contributed by atoms with van der Waals surface area (Å²) in [5, 5.41) is 0.645. The van der Waals surface area contributed by atoms with Crippen LogP contribution in [0.5, 0.6) is 0 Å². The monoisotopic (exact) mass is 187 g/mol. The third-order valence-electron chi connectivity index (χ3n) is 1.49. The summed E-state index contributed by atoms with van der Waals surface area (Å²) < 4.78 is 4.43. The molecule has 1 aliphatic heterocycles. The normalized spacial score (nSPS) is 20.3. The molecule has 1 heterocycles. The van der Waals surface area contributed by atoms with Crippen molar-refractivity contribution in [2.45, 2.75) is 0 Å². The van der Waals surface area contributed by atoms with Crippen LogP contribution in [0.3, 0.4) is 0 Å². The lowest BCUT2D eigenvalue weighted by atomic mass is 10.5. The van der Waals surface area contributed by atoms with Crippen LogP contribution in [0.4, 0.5) is 0 Å². The van der Waals surface area contributed by atoms with E-state index in [9.17, 15) is 9.59 Å². The number of ether oxygens (including phenoxy) is 1. The zero-order valence-electron chi connectivity index (χ0n) is 6.86. The maximum Gasteiger partial charge on any atom is 0.333 e. The molecule has 1 rings (SSSR count). The summed E-state index contributed by atoms with van der Waals surface area (Å²) in [6, 6.07) is 0. The van der Waals surface area contributed by atoms with Gasteiger partial charge in [0.25, 0.3) is 0 Å². The zero-order chi connectivity index (χ0) is 9.14. The van der Waals surface area contributed by atoms with Gasteiger partial charge < -0.3 is 9.64 Å². The van der Waals surface area contributed by atoms with E-state index < -0.39 is 5.97 Å². The molecule has 4 nitrogen and oxygen atoms in total. The van der Waals surface area contributed by atoms with E-state index in [0.717, 1.165) is 0 Å². The number of nitrogens with zero attached hydrogens (tertiary/aromatic N) is 1. The van der Waals surface area contributed by atoms with E-state index in [4.69, 9.17) is 0 Å². The molecule has 0 unspecified atom stereocenters. The van der Waals surface area contributed by atoms with Gasteiger partial charge in [0, 0.05) is 7.05 Å². The van der Waals surface area contributed by atoms with E-state index in [-0.39, 0.29) is 5.91 Å². The van der Waals surface area contributed by atoms with Gasteiger partial charge >= 0.3 is 5.97 Å².